The van der Waals surface area contributed by atoms with Crippen LogP contribution in [0.25, 0.3) is 0 Å². The minimum atomic E-state index is -4.49. The summed E-state index contributed by atoms with van der Waals surface area (Å²) >= 11 is 0. The number of rotatable bonds is 7. The van der Waals surface area contributed by atoms with Gasteiger partial charge in [-0.1, -0.05) is 18.2 Å². The number of hydrogen-bond acceptors (Lipinski definition) is 4. The number of amides is 1. The number of carbonyl (C=O) groups is 1. The van der Waals surface area contributed by atoms with E-state index in [1.807, 2.05) is 0 Å². The van der Waals surface area contributed by atoms with Crippen LogP contribution in [-0.4, -0.2) is 30.3 Å². The maximum atomic E-state index is 12.3. The van der Waals surface area contributed by atoms with E-state index in [1.165, 1.54) is 24.3 Å². The number of nitrogens with one attached hydrogen (secondary N) is 1. The van der Waals surface area contributed by atoms with Gasteiger partial charge in [0.05, 0.1) is 5.56 Å². The Bertz CT molecular complexity index is 735. The number of ether oxygens (including phenoxy) is 2. The van der Waals surface area contributed by atoms with Crippen LogP contribution in [0.1, 0.15) is 15.9 Å². The fourth-order valence-electron chi connectivity index (χ4n) is 1.89. The van der Waals surface area contributed by atoms with Crippen molar-refractivity contribution >= 4 is 5.91 Å². The van der Waals surface area contributed by atoms with Crippen molar-refractivity contribution in [3.05, 3.63) is 53.7 Å². The van der Waals surface area contributed by atoms with Crippen molar-refractivity contribution in [3.8, 4) is 11.6 Å². The molecule has 1 N–H and O–H groups in total. The molecule has 26 heavy (non-hydrogen) atoms. The Hall–Kier alpha value is -2.91. The number of aromatic nitrogens is 1. The van der Waals surface area contributed by atoms with Gasteiger partial charge in [-0.25, -0.2) is 4.98 Å². The second-order valence-electron chi connectivity index (χ2n) is 4.96. The van der Waals surface area contributed by atoms with E-state index in [1.54, 1.807) is 6.07 Å². The third-order valence-corrected chi connectivity index (χ3v) is 3.01. The number of hydrogen-bond donors (Lipinski definition) is 1. The summed E-state index contributed by atoms with van der Waals surface area (Å²) in [5.41, 5.74) is 0.399. The summed E-state index contributed by atoms with van der Waals surface area (Å²) in [4.78, 5) is 15.6. The molecule has 1 aromatic carbocycles. The summed E-state index contributed by atoms with van der Waals surface area (Å²) in [6, 6.07) is 8.29. The Balaban J connectivity index is 1.94. The fraction of sp³-hybridized carbons (Fsp3) is 0.250. The predicted molar refractivity (Wildman–Crippen MR) is 80.0 cm³/mol. The molecule has 5 nitrogen and oxygen atoms in total. The third kappa shape index (κ3) is 6.19. The molecule has 10 heteroatoms. The lowest BCUT2D eigenvalue weighted by Crippen LogP contribution is -2.23. The molecular weight excluding hydrogens is 363 g/mol. The molecule has 2 aromatic rings. The highest BCUT2D eigenvalue weighted by Gasteiger charge is 2.28. The Morgan fingerprint density at radius 3 is 2.50 bits per heavy atom. The van der Waals surface area contributed by atoms with E-state index in [-0.39, 0.29) is 23.7 Å². The highest BCUT2D eigenvalue weighted by molar-refractivity contribution is 5.93. The van der Waals surface area contributed by atoms with E-state index in [2.05, 4.69) is 19.8 Å². The maximum absolute atomic E-state index is 12.3. The van der Waals surface area contributed by atoms with Crippen LogP contribution in [0.2, 0.25) is 0 Å². The average molecular weight is 376 g/mol. The van der Waals surface area contributed by atoms with E-state index < -0.39 is 25.3 Å². The maximum Gasteiger partial charge on any atom is 0.422 e. The Kier molecular flexibility index (Phi) is 6.31. The van der Waals surface area contributed by atoms with Crippen molar-refractivity contribution in [1.29, 1.82) is 0 Å². The number of carbonyl (C=O) groups excluding carboxylic acids is 1. The Morgan fingerprint density at radius 2 is 1.88 bits per heavy atom. The summed E-state index contributed by atoms with van der Waals surface area (Å²) in [5, 5.41) is 2.48. The van der Waals surface area contributed by atoms with E-state index in [4.69, 9.17) is 0 Å². The summed E-state index contributed by atoms with van der Waals surface area (Å²) < 4.78 is 69.6. The second-order valence-corrected chi connectivity index (χ2v) is 4.96. The molecule has 140 valence electrons. The zero-order chi connectivity index (χ0) is 19.2. The minimum Gasteiger partial charge on any atom is -0.468 e. The van der Waals surface area contributed by atoms with Crippen LogP contribution in [0.3, 0.4) is 0 Å². The average Bonchev–Trinajstić information content (AvgIpc) is 2.58. The van der Waals surface area contributed by atoms with Crippen LogP contribution >= 0.6 is 0 Å². The van der Waals surface area contributed by atoms with Gasteiger partial charge in [-0.15, -0.1) is 0 Å². The molecule has 0 unspecified atom stereocenters. The van der Waals surface area contributed by atoms with Gasteiger partial charge in [0, 0.05) is 24.4 Å². The molecule has 0 radical (unpaired) electrons. The van der Waals surface area contributed by atoms with Crippen LogP contribution in [0, 0.1) is 0 Å². The second kappa shape index (κ2) is 8.45. The Morgan fingerprint density at radius 1 is 1.15 bits per heavy atom. The van der Waals surface area contributed by atoms with Crippen molar-refractivity contribution in [3.63, 3.8) is 0 Å². The Labute approximate surface area is 144 Å². The van der Waals surface area contributed by atoms with Gasteiger partial charge in [0.1, 0.15) is 5.75 Å². The molecule has 2 rings (SSSR count). The molecule has 0 saturated heterocycles. The van der Waals surface area contributed by atoms with Gasteiger partial charge < -0.3 is 14.8 Å². The van der Waals surface area contributed by atoms with Crippen molar-refractivity contribution < 1.29 is 36.2 Å². The zero-order valence-electron chi connectivity index (χ0n) is 13.1. The number of para-hydroxylation sites is 1. The molecule has 0 aliphatic carbocycles. The first-order chi connectivity index (χ1) is 12.2. The van der Waals surface area contributed by atoms with Gasteiger partial charge in [0.15, 0.2) is 6.61 Å². The lowest BCUT2D eigenvalue weighted by atomic mass is 10.2. The lowest BCUT2D eigenvalue weighted by molar-refractivity contribution is -0.154. The first-order valence-electron chi connectivity index (χ1n) is 7.21. The number of benzene rings is 1. The topological polar surface area (TPSA) is 60.5 Å². The molecule has 1 heterocycles. The predicted octanol–water partition coefficient (Wildman–Crippen LogP) is 3.55. The van der Waals surface area contributed by atoms with Crippen LogP contribution < -0.4 is 14.8 Å². The standard InChI is InChI=1S/C16H13F5N2O3/c17-15(18)26-12-4-2-1-3-10(12)7-23-14(24)11-5-6-13(22-8-11)25-9-16(19,20)21/h1-6,8,15H,7,9H2,(H,23,24). The number of nitrogens with zero attached hydrogens (tertiary/aromatic N) is 1. The molecule has 0 atom stereocenters. The molecule has 0 saturated carbocycles. The van der Waals surface area contributed by atoms with Crippen LogP contribution in [0.5, 0.6) is 11.6 Å². The lowest BCUT2D eigenvalue weighted by Gasteiger charge is -2.11. The minimum absolute atomic E-state index is 0.0663. The molecule has 1 aromatic heterocycles. The quantitative estimate of drug-likeness (QED) is 0.751. The third-order valence-electron chi connectivity index (χ3n) is 3.01. The first-order valence-corrected chi connectivity index (χ1v) is 7.21. The molecule has 0 spiro atoms. The van der Waals surface area contributed by atoms with Gasteiger partial charge in [-0.3, -0.25) is 4.79 Å². The van der Waals surface area contributed by atoms with Crippen LogP contribution in [0.15, 0.2) is 42.6 Å². The highest BCUT2D eigenvalue weighted by atomic mass is 19.4. The van der Waals surface area contributed by atoms with Crippen LogP contribution in [-0.2, 0) is 6.54 Å². The van der Waals surface area contributed by atoms with Gasteiger partial charge in [-0.05, 0) is 12.1 Å². The molecule has 0 aliphatic heterocycles. The molecular formula is C16H13F5N2O3. The summed E-state index contributed by atoms with van der Waals surface area (Å²) in [6.07, 6.45) is -3.45. The zero-order valence-corrected chi connectivity index (χ0v) is 13.1. The molecule has 0 fully saturated rings. The largest absolute Gasteiger partial charge is 0.468 e. The summed E-state index contributed by atoms with van der Waals surface area (Å²) in [5.74, 6) is -0.946. The summed E-state index contributed by atoms with van der Waals surface area (Å²) in [6.45, 7) is -4.58. The van der Waals surface area contributed by atoms with Crippen molar-refractivity contribution in [2.45, 2.75) is 19.3 Å². The van der Waals surface area contributed by atoms with E-state index in [0.29, 0.717) is 5.56 Å². The number of alkyl halides is 5. The van der Waals surface area contributed by atoms with E-state index in [0.717, 1.165) is 12.3 Å². The first kappa shape index (κ1) is 19.4. The van der Waals surface area contributed by atoms with Crippen molar-refractivity contribution in [2.75, 3.05) is 6.61 Å². The van der Waals surface area contributed by atoms with Crippen molar-refractivity contribution in [1.82, 2.24) is 10.3 Å². The number of halogens is 5. The fourth-order valence-corrected chi connectivity index (χ4v) is 1.89. The summed E-state index contributed by atoms with van der Waals surface area (Å²) in [7, 11) is 0. The molecule has 0 bridgehead atoms. The monoisotopic (exact) mass is 376 g/mol. The van der Waals surface area contributed by atoms with Gasteiger partial charge >= 0.3 is 12.8 Å². The smallest absolute Gasteiger partial charge is 0.422 e. The molecule has 1 amide bonds. The van der Waals surface area contributed by atoms with Gasteiger partial charge in [0.2, 0.25) is 5.88 Å². The SMILES string of the molecule is O=C(NCc1ccccc1OC(F)F)c1ccc(OCC(F)(F)F)nc1. The number of pyridine rings is 1. The normalized spacial score (nSPS) is 11.3. The van der Waals surface area contributed by atoms with Gasteiger partial charge in [0.25, 0.3) is 5.91 Å². The van der Waals surface area contributed by atoms with Gasteiger partial charge in [-0.2, -0.15) is 22.0 Å². The van der Waals surface area contributed by atoms with E-state index >= 15 is 0 Å². The van der Waals surface area contributed by atoms with E-state index in [9.17, 15) is 26.7 Å². The van der Waals surface area contributed by atoms with Crippen molar-refractivity contribution in [2.24, 2.45) is 0 Å². The highest BCUT2D eigenvalue weighted by Crippen LogP contribution is 2.20. The van der Waals surface area contributed by atoms with Crippen LogP contribution in [0.4, 0.5) is 22.0 Å². The molecule has 0 aliphatic rings.